The standard InChI is InChI=1S/C14H21NO/c1-11-6-5-7-13(12(11)2)16-14(10-15)8-3-4-9-14/h5-7H,3-4,8-10,15H2,1-2H3. The Morgan fingerprint density at radius 1 is 1.25 bits per heavy atom. The van der Waals surface area contributed by atoms with Crippen LogP contribution >= 0.6 is 0 Å². The summed E-state index contributed by atoms with van der Waals surface area (Å²) < 4.78 is 6.20. The molecule has 0 amide bonds. The molecule has 0 saturated heterocycles. The van der Waals surface area contributed by atoms with Gasteiger partial charge >= 0.3 is 0 Å². The molecule has 1 saturated carbocycles. The third-order valence-electron chi connectivity index (χ3n) is 3.77. The monoisotopic (exact) mass is 219 g/mol. The van der Waals surface area contributed by atoms with Gasteiger partial charge in [0, 0.05) is 6.54 Å². The summed E-state index contributed by atoms with van der Waals surface area (Å²) >= 11 is 0. The minimum Gasteiger partial charge on any atom is -0.486 e. The van der Waals surface area contributed by atoms with Crippen molar-refractivity contribution in [2.75, 3.05) is 6.54 Å². The van der Waals surface area contributed by atoms with E-state index in [9.17, 15) is 0 Å². The predicted molar refractivity (Wildman–Crippen MR) is 66.8 cm³/mol. The van der Waals surface area contributed by atoms with Gasteiger partial charge in [-0.05, 0) is 56.7 Å². The number of rotatable bonds is 3. The van der Waals surface area contributed by atoms with Crippen LogP contribution < -0.4 is 10.5 Å². The SMILES string of the molecule is Cc1cccc(OC2(CN)CCCC2)c1C. The first-order valence-corrected chi connectivity index (χ1v) is 6.12. The van der Waals surface area contributed by atoms with Crippen LogP contribution in [0.5, 0.6) is 5.75 Å². The van der Waals surface area contributed by atoms with E-state index in [1.807, 2.05) is 0 Å². The quantitative estimate of drug-likeness (QED) is 0.848. The largest absolute Gasteiger partial charge is 0.486 e. The van der Waals surface area contributed by atoms with Gasteiger partial charge in [-0.25, -0.2) is 0 Å². The van der Waals surface area contributed by atoms with Gasteiger partial charge in [0.05, 0.1) is 0 Å². The third-order valence-corrected chi connectivity index (χ3v) is 3.77. The van der Waals surface area contributed by atoms with Gasteiger partial charge in [0.1, 0.15) is 11.4 Å². The molecule has 1 fully saturated rings. The Morgan fingerprint density at radius 2 is 1.94 bits per heavy atom. The van der Waals surface area contributed by atoms with Crippen LogP contribution in [0.15, 0.2) is 18.2 Å². The lowest BCUT2D eigenvalue weighted by molar-refractivity contribution is 0.0844. The lowest BCUT2D eigenvalue weighted by Crippen LogP contribution is -2.41. The average molecular weight is 219 g/mol. The zero-order valence-corrected chi connectivity index (χ0v) is 10.3. The van der Waals surface area contributed by atoms with Crippen molar-refractivity contribution < 1.29 is 4.74 Å². The maximum atomic E-state index is 6.20. The number of aryl methyl sites for hydroxylation is 1. The molecule has 1 aromatic carbocycles. The van der Waals surface area contributed by atoms with Crippen LogP contribution in [0, 0.1) is 13.8 Å². The number of hydrogen-bond acceptors (Lipinski definition) is 2. The van der Waals surface area contributed by atoms with Crippen LogP contribution in [0.1, 0.15) is 36.8 Å². The summed E-state index contributed by atoms with van der Waals surface area (Å²) in [6.45, 7) is 4.86. The van der Waals surface area contributed by atoms with E-state index in [2.05, 4.69) is 32.0 Å². The Kier molecular flexibility index (Phi) is 3.20. The Bertz CT molecular complexity index is 367. The van der Waals surface area contributed by atoms with Crippen molar-refractivity contribution in [2.45, 2.75) is 45.1 Å². The number of nitrogens with two attached hydrogens (primary N) is 1. The fraction of sp³-hybridized carbons (Fsp3) is 0.571. The molecular weight excluding hydrogens is 198 g/mol. The van der Waals surface area contributed by atoms with E-state index in [4.69, 9.17) is 10.5 Å². The molecule has 1 aliphatic carbocycles. The summed E-state index contributed by atoms with van der Waals surface area (Å²) in [5, 5.41) is 0. The molecule has 0 aliphatic heterocycles. The second-order valence-electron chi connectivity index (χ2n) is 4.89. The molecule has 0 atom stereocenters. The van der Waals surface area contributed by atoms with Crippen molar-refractivity contribution in [3.63, 3.8) is 0 Å². The Hall–Kier alpha value is -1.02. The fourth-order valence-corrected chi connectivity index (χ4v) is 2.44. The molecule has 0 bridgehead atoms. The van der Waals surface area contributed by atoms with Crippen molar-refractivity contribution in [3.8, 4) is 5.75 Å². The molecule has 0 aromatic heterocycles. The molecule has 0 heterocycles. The van der Waals surface area contributed by atoms with E-state index in [0.29, 0.717) is 6.54 Å². The summed E-state index contributed by atoms with van der Waals surface area (Å²) in [7, 11) is 0. The highest BCUT2D eigenvalue weighted by Gasteiger charge is 2.34. The summed E-state index contributed by atoms with van der Waals surface area (Å²) in [6, 6.07) is 6.22. The highest BCUT2D eigenvalue weighted by Crippen LogP contribution is 2.35. The van der Waals surface area contributed by atoms with Crippen LogP contribution in [0.3, 0.4) is 0 Å². The van der Waals surface area contributed by atoms with Crippen LogP contribution in [0.25, 0.3) is 0 Å². The second-order valence-corrected chi connectivity index (χ2v) is 4.89. The third kappa shape index (κ3) is 2.07. The van der Waals surface area contributed by atoms with Crippen molar-refractivity contribution in [1.82, 2.24) is 0 Å². The van der Waals surface area contributed by atoms with Gasteiger partial charge in [-0.15, -0.1) is 0 Å². The first-order valence-electron chi connectivity index (χ1n) is 6.12. The van der Waals surface area contributed by atoms with Gasteiger partial charge in [0.2, 0.25) is 0 Å². The highest BCUT2D eigenvalue weighted by molar-refractivity contribution is 5.38. The van der Waals surface area contributed by atoms with Crippen LogP contribution in [-0.2, 0) is 0 Å². The lowest BCUT2D eigenvalue weighted by Gasteiger charge is -2.29. The van der Waals surface area contributed by atoms with E-state index in [1.54, 1.807) is 0 Å². The van der Waals surface area contributed by atoms with Gasteiger partial charge in [0.15, 0.2) is 0 Å². The van der Waals surface area contributed by atoms with E-state index >= 15 is 0 Å². The van der Waals surface area contributed by atoms with Crippen LogP contribution in [0.4, 0.5) is 0 Å². The molecule has 2 nitrogen and oxygen atoms in total. The molecule has 0 unspecified atom stereocenters. The van der Waals surface area contributed by atoms with Gasteiger partial charge in [-0.3, -0.25) is 0 Å². The summed E-state index contributed by atoms with van der Waals surface area (Å²) in [5.41, 5.74) is 8.30. The molecule has 2 heteroatoms. The van der Waals surface area contributed by atoms with Crippen molar-refractivity contribution in [1.29, 1.82) is 0 Å². The van der Waals surface area contributed by atoms with Gasteiger partial charge in [-0.1, -0.05) is 12.1 Å². The van der Waals surface area contributed by atoms with Gasteiger partial charge < -0.3 is 10.5 Å². The maximum Gasteiger partial charge on any atom is 0.123 e. The fourth-order valence-electron chi connectivity index (χ4n) is 2.44. The molecular formula is C14H21NO. The molecule has 1 aliphatic rings. The second kappa shape index (κ2) is 4.46. The van der Waals surface area contributed by atoms with Gasteiger partial charge in [0.25, 0.3) is 0 Å². The first kappa shape index (κ1) is 11.5. The van der Waals surface area contributed by atoms with E-state index in [0.717, 1.165) is 18.6 Å². The average Bonchev–Trinajstić information content (AvgIpc) is 2.74. The molecule has 2 rings (SSSR count). The topological polar surface area (TPSA) is 35.2 Å². The molecule has 2 N–H and O–H groups in total. The Morgan fingerprint density at radius 3 is 2.56 bits per heavy atom. The Balaban J connectivity index is 2.22. The minimum absolute atomic E-state index is 0.0987. The van der Waals surface area contributed by atoms with E-state index < -0.39 is 0 Å². The molecule has 88 valence electrons. The summed E-state index contributed by atoms with van der Waals surface area (Å²) in [6.07, 6.45) is 4.66. The van der Waals surface area contributed by atoms with Crippen molar-refractivity contribution in [3.05, 3.63) is 29.3 Å². The van der Waals surface area contributed by atoms with Crippen molar-refractivity contribution >= 4 is 0 Å². The highest BCUT2D eigenvalue weighted by atomic mass is 16.5. The normalized spacial score (nSPS) is 18.7. The number of hydrogen-bond donors (Lipinski definition) is 1. The smallest absolute Gasteiger partial charge is 0.123 e. The molecule has 0 radical (unpaired) electrons. The van der Waals surface area contributed by atoms with Crippen LogP contribution in [-0.4, -0.2) is 12.1 Å². The first-order chi connectivity index (χ1) is 7.67. The maximum absolute atomic E-state index is 6.20. The van der Waals surface area contributed by atoms with Gasteiger partial charge in [-0.2, -0.15) is 0 Å². The number of benzene rings is 1. The molecule has 0 spiro atoms. The number of ether oxygens (including phenoxy) is 1. The zero-order chi connectivity index (χ0) is 11.6. The Labute approximate surface area is 97.8 Å². The summed E-state index contributed by atoms with van der Waals surface area (Å²) in [4.78, 5) is 0. The van der Waals surface area contributed by atoms with E-state index in [1.165, 1.54) is 24.0 Å². The minimum atomic E-state index is -0.0987. The lowest BCUT2D eigenvalue weighted by atomic mass is 10.0. The summed E-state index contributed by atoms with van der Waals surface area (Å²) in [5.74, 6) is 1.01. The van der Waals surface area contributed by atoms with Crippen molar-refractivity contribution in [2.24, 2.45) is 5.73 Å². The van der Waals surface area contributed by atoms with E-state index in [-0.39, 0.29) is 5.60 Å². The molecule has 1 aromatic rings. The predicted octanol–water partition coefficient (Wildman–Crippen LogP) is 2.95. The molecule has 16 heavy (non-hydrogen) atoms. The van der Waals surface area contributed by atoms with Crippen LogP contribution in [0.2, 0.25) is 0 Å². The zero-order valence-electron chi connectivity index (χ0n) is 10.3.